The van der Waals surface area contributed by atoms with Gasteiger partial charge in [-0.2, -0.15) is 0 Å². The molecule has 0 aromatic carbocycles. The lowest BCUT2D eigenvalue weighted by Gasteiger charge is -2.03. The van der Waals surface area contributed by atoms with Gasteiger partial charge in [-0.3, -0.25) is 0 Å². The lowest BCUT2D eigenvalue weighted by molar-refractivity contribution is -0.0766. The molecule has 0 bridgehead atoms. The van der Waals surface area contributed by atoms with E-state index >= 15 is 0 Å². The molecule has 0 aliphatic carbocycles. The molecule has 0 fully saturated rings. The zero-order valence-corrected chi connectivity index (χ0v) is 6.63. The predicted molar refractivity (Wildman–Crippen MR) is 43.2 cm³/mol. The number of aliphatic hydroxyl groups excluding tert-OH is 1. The van der Waals surface area contributed by atoms with Crippen molar-refractivity contribution >= 4 is 17.3 Å². The Kier molecular flexibility index (Phi) is 1.51. The number of methoxy groups -OCH3 is 1. The number of hydrogen-bond donors (Lipinski definition) is 2. The first kappa shape index (κ1) is 4.96. The molecule has 12 heavy (non-hydrogen) atoms. The van der Waals surface area contributed by atoms with Crippen molar-refractivity contribution in [3.05, 3.63) is 21.9 Å². The number of aromatic carboxylic acids is 1. The van der Waals surface area contributed by atoms with Gasteiger partial charge in [-0.05, 0) is 11.4 Å². The van der Waals surface area contributed by atoms with Crippen LogP contribution in [0.15, 0.2) is 11.4 Å². The highest BCUT2D eigenvalue weighted by atomic mass is 32.1. The number of carboxylic acids is 1. The Hall–Kier alpha value is -0.910. The Balaban J connectivity index is 2.83. The van der Waals surface area contributed by atoms with Crippen molar-refractivity contribution in [2.24, 2.45) is 0 Å². The van der Waals surface area contributed by atoms with E-state index in [4.69, 9.17) is 10.7 Å². The third-order valence-corrected chi connectivity index (χ3v) is 2.15. The van der Waals surface area contributed by atoms with Crippen LogP contribution < -0.4 is 0 Å². The molecule has 0 saturated carbocycles. The minimum atomic E-state index is -2.71. The van der Waals surface area contributed by atoms with E-state index in [-0.39, 0.29) is 10.4 Å². The van der Waals surface area contributed by atoms with Gasteiger partial charge in [0, 0.05) is 12.6 Å². The van der Waals surface area contributed by atoms with E-state index in [0.717, 1.165) is 11.3 Å². The molecule has 0 aliphatic heterocycles. The van der Waals surface area contributed by atoms with E-state index in [9.17, 15) is 4.79 Å². The first-order valence-corrected chi connectivity index (χ1v) is 3.83. The van der Waals surface area contributed by atoms with Crippen molar-refractivity contribution in [3.63, 3.8) is 0 Å². The molecule has 1 aromatic rings. The van der Waals surface area contributed by atoms with Crippen LogP contribution in [0.1, 0.15) is 25.6 Å². The number of thiophene rings is 1. The largest absolute Gasteiger partial charge is 0.477 e. The maximum Gasteiger partial charge on any atom is 0.345 e. The molecule has 2 N–H and O–H groups in total. The van der Waals surface area contributed by atoms with Crippen LogP contribution in [0, 0.1) is 0 Å². The van der Waals surface area contributed by atoms with Crippen LogP contribution in [0.5, 0.6) is 0 Å². The molecule has 1 rings (SSSR count). The van der Waals surface area contributed by atoms with Crippen LogP contribution >= 0.6 is 11.3 Å². The summed E-state index contributed by atoms with van der Waals surface area (Å²) in [6.45, 7) is 0. The smallest absolute Gasteiger partial charge is 0.345 e. The second kappa shape index (κ2) is 3.66. The zero-order valence-electron chi connectivity index (χ0n) is 9.81. The van der Waals surface area contributed by atoms with Gasteiger partial charge in [0.25, 0.3) is 0 Å². The highest BCUT2D eigenvalue weighted by Gasteiger charge is 2.11. The van der Waals surface area contributed by atoms with Gasteiger partial charge >= 0.3 is 5.97 Å². The molecule has 66 valence electrons. The lowest BCUT2D eigenvalue weighted by Crippen LogP contribution is -1.97. The summed E-state index contributed by atoms with van der Waals surface area (Å²) in [7, 11) is -2.71. The van der Waals surface area contributed by atoms with Crippen molar-refractivity contribution in [1.29, 1.82) is 1.43 Å². The Bertz CT molecular complexity index is 375. The fourth-order valence-electron chi connectivity index (χ4n) is 0.655. The summed E-state index contributed by atoms with van der Waals surface area (Å²) < 4.78 is 31.7. The van der Waals surface area contributed by atoms with Gasteiger partial charge < -0.3 is 15.0 Å². The van der Waals surface area contributed by atoms with E-state index in [2.05, 4.69) is 9.85 Å². The fourth-order valence-corrected chi connectivity index (χ4v) is 1.40. The van der Waals surface area contributed by atoms with E-state index in [0.29, 0.717) is 0 Å². The summed E-state index contributed by atoms with van der Waals surface area (Å²) in [4.78, 5) is 10.6. The molecule has 1 heterocycles. The summed E-state index contributed by atoms with van der Waals surface area (Å²) in [6, 6.07) is 1.21. The van der Waals surface area contributed by atoms with Gasteiger partial charge in [0.05, 0.1) is 4.11 Å². The molecule has 1 unspecified atom stereocenters. The van der Waals surface area contributed by atoms with E-state index in [1.807, 2.05) is 0 Å². The first-order chi connectivity index (χ1) is 7.33. The van der Waals surface area contributed by atoms with E-state index < -0.39 is 19.3 Å². The van der Waals surface area contributed by atoms with Gasteiger partial charge in [-0.1, -0.05) is 0 Å². The first-order valence-electron chi connectivity index (χ1n) is 4.86. The number of aliphatic hydroxyl groups is 1. The quantitative estimate of drug-likeness (QED) is 0.700. The Morgan fingerprint density at radius 3 is 3.33 bits per heavy atom. The second-order valence-corrected chi connectivity index (χ2v) is 2.91. The maximum absolute atomic E-state index is 10.6. The van der Waals surface area contributed by atoms with E-state index in [1.54, 1.807) is 0 Å². The molecule has 0 radical (unpaired) electrons. The average Bonchev–Trinajstić information content (AvgIpc) is 2.61. The summed E-state index contributed by atoms with van der Waals surface area (Å²) in [5, 5.41) is 14.1. The number of carbonyl (C=O) groups is 1. The summed E-state index contributed by atoms with van der Waals surface area (Å²) in [5.41, 5.74) is 0.188. The highest BCUT2D eigenvalue weighted by molar-refractivity contribution is 7.12. The summed E-state index contributed by atoms with van der Waals surface area (Å²) in [5.74, 6) is -1.13. The second-order valence-electron chi connectivity index (χ2n) is 2.00. The van der Waals surface area contributed by atoms with Gasteiger partial charge in [0.1, 0.15) is 4.88 Å². The van der Waals surface area contributed by atoms with Crippen LogP contribution in [0.3, 0.4) is 0 Å². The molecule has 0 aliphatic rings. The van der Waals surface area contributed by atoms with Crippen molar-refractivity contribution < 1.29 is 23.9 Å². The zero-order chi connectivity index (χ0) is 12.3. The molecule has 1 aromatic heterocycles. The van der Waals surface area contributed by atoms with Crippen molar-refractivity contribution in [2.45, 2.75) is 6.29 Å². The van der Waals surface area contributed by atoms with Crippen molar-refractivity contribution in [1.82, 2.24) is 0 Å². The van der Waals surface area contributed by atoms with Crippen LogP contribution in [0.25, 0.3) is 0 Å². The topological polar surface area (TPSA) is 66.8 Å². The maximum atomic E-state index is 10.6. The minimum absolute atomic E-state index is 0.0196. The summed E-state index contributed by atoms with van der Waals surface area (Å²) in [6.07, 6.45) is -1.42. The Morgan fingerprint density at radius 2 is 2.83 bits per heavy atom. The number of rotatable bonds is 4. The summed E-state index contributed by atoms with van der Waals surface area (Å²) >= 11 is 0.901. The van der Waals surface area contributed by atoms with Crippen molar-refractivity contribution in [3.8, 4) is 0 Å². The van der Waals surface area contributed by atoms with Crippen LogP contribution in [-0.2, 0) is 4.74 Å². The average molecular weight is 192 g/mol. The van der Waals surface area contributed by atoms with Gasteiger partial charge in [-0.25, -0.2) is 4.79 Å². The third-order valence-electron chi connectivity index (χ3n) is 1.21. The predicted octanol–water partition coefficient (Wildman–Crippen LogP) is 1.08. The molecule has 0 spiro atoms. The third kappa shape index (κ3) is 1.82. The Morgan fingerprint density at radius 1 is 2.00 bits per heavy atom. The molecule has 0 amide bonds. The highest BCUT2D eigenvalue weighted by Crippen LogP contribution is 2.20. The Labute approximate surface area is 78.7 Å². The normalized spacial score (nSPS) is 18.7. The van der Waals surface area contributed by atoms with Gasteiger partial charge in [0.2, 0.25) is 1.43 Å². The van der Waals surface area contributed by atoms with Gasteiger partial charge in [0.15, 0.2) is 6.29 Å². The molecular formula is C7H8O4S. The van der Waals surface area contributed by atoms with E-state index in [1.165, 1.54) is 11.4 Å². The van der Waals surface area contributed by atoms with Crippen LogP contribution in [0.2, 0.25) is 0 Å². The minimum Gasteiger partial charge on any atom is -0.477 e. The number of ether oxygens (including phenoxy) is 1. The molecule has 1 atom stereocenters. The SMILES string of the molecule is [2H]OC(OC([2H])([2H])[2H])c1csc(C(=O)O)c1. The monoisotopic (exact) mass is 192 g/mol. The number of hydrogen-bond acceptors (Lipinski definition) is 4. The van der Waals surface area contributed by atoms with Crippen LogP contribution in [-0.4, -0.2) is 24.7 Å². The standard InChI is InChI=1S/C7H8O4S/c1-11-7(10)4-2-5(6(8)9)12-3-4/h2-3,7,10H,1H3,(H,8,9)/i1D3,10D. The molecule has 4 nitrogen and oxygen atoms in total. The fraction of sp³-hybridized carbons (Fsp3) is 0.286. The number of carboxylic acid groups (broad SMARTS) is 1. The molecule has 5 heteroatoms. The van der Waals surface area contributed by atoms with Crippen LogP contribution in [0.4, 0.5) is 0 Å². The lowest BCUT2D eigenvalue weighted by atomic mass is 10.3. The van der Waals surface area contributed by atoms with Crippen molar-refractivity contribution in [2.75, 3.05) is 7.04 Å². The molecular weight excluding hydrogens is 180 g/mol. The van der Waals surface area contributed by atoms with Gasteiger partial charge in [-0.15, -0.1) is 11.3 Å². The molecule has 0 saturated heterocycles.